The minimum atomic E-state index is -1.79. The van der Waals surface area contributed by atoms with Gasteiger partial charge < -0.3 is 41.2 Å². The Kier molecular flexibility index (Phi) is 113. The molecule has 0 amide bonds. The molecular formula is C47H110N8O9. The van der Waals surface area contributed by atoms with Gasteiger partial charge in [-0.15, -0.1) is 6.58 Å². The molecule has 17 heteroatoms. The Labute approximate surface area is 396 Å². The number of ketones is 1. The number of hydrazone groups is 1. The SMILES string of the molecule is C.C.C.C.C.C.C.C.C=CCCCCCC.CC(=O)C(O)O.CC(C)=N/N=C(\C)C(O)O.CC(C)=N/N=C(\C)C(O)O.CC(C)=NN.CCCCCCC(=O)OC/C(C)=N/N=C(C)C. The molecule has 0 spiro atoms. The maximum absolute atomic E-state index is 11.3. The molecule has 64 heavy (non-hydrogen) atoms. The molecule has 0 aromatic heterocycles. The number of ether oxygens (including phenoxy) is 1. The van der Waals surface area contributed by atoms with E-state index in [0.29, 0.717) is 12.1 Å². The number of hydrogen-bond acceptors (Lipinski definition) is 17. The number of hydrogen-bond donors (Lipinski definition) is 7. The molecule has 392 valence electrons. The molecule has 0 bridgehead atoms. The van der Waals surface area contributed by atoms with Crippen molar-refractivity contribution in [2.45, 2.75) is 239 Å². The van der Waals surface area contributed by atoms with E-state index in [1.165, 1.54) is 58.8 Å². The fourth-order valence-corrected chi connectivity index (χ4v) is 2.34. The van der Waals surface area contributed by atoms with Crippen molar-refractivity contribution >= 4 is 51.7 Å². The number of rotatable bonds is 18. The van der Waals surface area contributed by atoms with Gasteiger partial charge in [0.1, 0.15) is 6.61 Å². The Morgan fingerprint density at radius 3 is 1.08 bits per heavy atom. The Balaban J connectivity index is -0.0000000397. The molecular weight excluding hydrogens is 821 g/mol. The summed E-state index contributed by atoms with van der Waals surface area (Å²) >= 11 is 0. The summed E-state index contributed by atoms with van der Waals surface area (Å²) in [6, 6.07) is 0. The lowest BCUT2D eigenvalue weighted by Crippen LogP contribution is -2.15. The Bertz CT molecular complexity index is 1160. The van der Waals surface area contributed by atoms with Crippen molar-refractivity contribution in [3.63, 3.8) is 0 Å². The van der Waals surface area contributed by atoms with Crippen LogP contribution in [0.15, 0.2) is 48.4 Å². The summed E-state index contributed by atoms with van der Waals surface area (Å²) < 4.78 is 5.08. The summed E-state index contributed by atoms with van der Waals surface area (Å²) in [4.78, 5) is 21.0. The second-order valence-corrected chi connectivity index (χ2v) is 12.9. The molecule has 0 heterocycles. The number of nitrogens with zero attached hydrogens (tertiary/aromatic N) is 7. The van der Waals surface area contributed by atoms with Gasteiger partial charge in [-0.2, -0.15) is 35.7 Å². The predicted molar refractivity (Wildman–Crippen MR) is 287 cm³/mol. The molecule has 8 N–H and O–H groups in total. The zero-order valence-electron chi connectivity index (χ0n) is 36.9. The number of esters is 1. The van der Waals surface area contributed by atoms with Crippen LogP contribution in [0.1, 0.15) is 221 Å². The van der Waals surface area contributed by atoms with Crippen molar-refractivity contribution in [2.75, 3.05) is 6.61 Å². The van der Waals surface area contributed by atoms with Gasteiger partial charge in [0.2, 0.25) is 6.29 Å². The van der Waals surface area contributed by atoms with E-state index in [4.69, 9.17) is 41.2 Å². The highest BCUT2D eigenvalue weighted by atomic mass is 16.5. The van der Waals surface area contributed by atoms with Crippen molar-refractivity contribution in [1.29, 1.82) is 0 Å². The largest absolute Gasteiger partial charge is 0.459 e. The molecule has 0 fully saturated rings. The van der Waals surface area contributed by atoms with E-state index in [9.17, 15) is 9.59 Å². The first kappa shape index (κ1) is 98.8. The standard InChI is InChI=1S/C13H24N2O2.C8H16.2C6H12N2O2.C3H8N2.C3H6O3.8CH4/c1-5-6-7-8-9-13(16)17-10-12(4)15-14-11(2)3;1-3-5-7-8-6-4-2;2*1-4(2)7-8-5(3)6(9)10;1-3(2)5-4;1-2(4)3(5)6;;;;;;;;/h5-10H2,1-4H3;3H,1,4-8H2,2H3;2*6,9-10H,1-3H3;4H2,1-2H3;3,5-6H,1H3;8*1H4/b15-12+;;2*8-5+;;;;;;;;;;. The van der Waals surface area contributed by atoms with Crippen LogP contribution in [0.2, 0.25) is 0 Å². The first-order valence-corrected chi connectivity index (χ1v) is 18.7. The lowest BCUT2D eigenvalue weighted by atomic mass is 10.2. The molecule has 0 saturated carbocycles. The smallest absolute Gasteiger partial charge is 0.306 e. The van der Waals surface area contributed by atoms with E-state index in [0.717, 1.165) is 42.6 Å². The number of aliphatic hydroxyl groups is 6. The highest BCUT2D eigenvalue weighted by molar-refractivity contribution is 5.87. The molecule has 0 aromatic carbocycles. The zero-order chi connectivity index (χ0) is 45.1. The highest BCUT2D eigenvalue weighted by Crippen LogP contribution is 2.03. The monoisotopic (exact) mass is 931 g/mol. The van der Waals surface area contributed by atoms with Gasteiger partial charge in [0, 0.05) is 29.3 Å². The number of allylic oxidation sites excluding steroid dienone is 1. The summed E-state index contributed by atoms with van der Waals surface area (Å²) in [6.45, 7) is 28.7. The van der Waals surface area contributed by atoms with E-state index in [1.54, 1.807) is 34.6 Å². The maximum atomic E-state index is 11.3. The van der Waals surface area contributed by atoms with Crippen molar-refractivity contribution < 1.29 is 45.0 Å². The molecule has 0 aliphatic rings. The third kappa shape index (κ3) is 112. The number of aliphatic hydroxyl groups excluding tert-OH is 3. The van der Waals surface area contributed by atoms with Crippen molar-refractivity contribution in [1.82, 2.24) is 0 Å². The molecule has 0 unspecified atom stereocenters. The van der Waals surface area contributed by atoms with Crippen molar-refractivity contribution in [3.05, 3.63) is 12.7 Å². The predicted octanol–water partition coefficient (Wildman–Crippen LogP) is 11.1. The first-order chi connectivity index (χ1) is 26.0. The summed E-state index contributed by atoms with van der Waals surface area (Å²) in [5, 5.41) is 75.1. The first-order valence-electron chi connectivity index (χ1n) is 18.7. The molecule has 0 aromatic rings. The second-order valence-electron chi connectivity index (χ2n) is 12.9. The van der Waals surface area contributed by atoms with Crippen LogP contribution in [0.4, 0.5) is 0 Å². The summed E-state index contributed by atoms with van der Waals surface area (Å²) in [5.41, 5.74) is 4.45. The molecule has 0 atom stereocenters. The molecule has 17 nitrogen and oxygen atoms in total. The number of unbranched alkanes of at least 4 members (excludes halogenated alkanes) is 7. The van der Waals surface area contributed by atoms with Crippen LogP contribution < -0.4 is 5.84 Å². The molecule has 0 saturated heterocycles. The molecule has 0 aliphatic heterocycles. The number of Topliss-reactive ketones (excluding diaryl/α,β-unsaturated/α-hetero) is 1. The van der Waals surface area contributed by atoms with E-state index >= 15 is 0 Å². The Hall–Kier alpha value is -3.87. The lowest BCUT2D eigenvalue weighted by molar-refractivity contribution is -0.142. The normalized spacial score (nSPS) is 9.27. The van der Waals surface area contributed by atoms with Gasteiger partial charge in [-0.25, -0.2) is 0 Å². The Morgan fingerprint density at radius 1 is 0.516 bits per heavy atom. The van der Waals surface area contributed by atoms with E-state index < -0.39 is 24.7 Å². The van der Waals surface area contributed by atoms with Gasteiger partial charge in [0.05, 0.1) is 17.1 Å². The van der Waals surface area contributed by atoms with Crippen LogP contribution in [-0.4, -0.2) is 108 Å². The fourth-order valence-electron chi connectivity index (χ4n) is 2.34. The number of carbonyl (C=O) groups is 2. The third-order valence-electron chi connectivity index (χ3n) is 5.54. The van der Waals surface area contributed by atoms with Crippen molar-refractivity contribution in [2.24, 2.45) is 41.6 Å². The average molecular weight is 931 g/mol. The van der Waals surface area contributed by atoms with E-state index in [-0.39, 0.29) is 83.4 Å². The Morgan fingerprint density at radius 2 is 0.828 bits per heavy atom. The van der Waals surface area contributed by atoms with E-state index in [1.807, 2.05) is 33.8 Å². The van der Waals surface area contributed by atoms with Gasteiger partial charge in [0.15, 0.2) is 18.4 Å². The summed E-state index contributed by atoms with van der Waals surface area (Å²) in [5.74, 6) is 3.98. The second kappa shape index (κ2) is 73.5. The van der Waals surface area contributed by atoms with E-state index in [2.05, 4.69) is 56.1 Å². The minimum Gasteiger partial charge on any atom is -0.459 e. The van der Waals surface area contributed by atoms with Gasteiger partial charge in [-0.3, -0.25) is 9.59 Å². The number of carbonyl (C=O) groups excluding carboxylic acids is 2. The summed E-state index contributed by atoms with van der Waals surface area (Å²) in [6.07, 6.45) is 8.70. The fraction of sp³-hybridized carbons (Fsp3) is 0.766. The third-order valence-corrected chi connectivity index (χ3v) is 5.54. The molecule has 0 rings (SSSR count). The van der Waals surface area contributed by atoms with Crippen LogP contribution in [0, 0.1) is 0 Å². The molecule has 0 radical (unpaired) electrons. The minimum absolute atomic E-state index is 0. The van der Waals surface area contributed by atoms with Gasteiger partial charge >= 0.3 is 5.97 Å². The lowest BCUT2D eigenvalue weighted by Gasteiger charge is -2.03. The van der Waals surface area contributed by atoms with Crippen molar-refractivity contribution in [3.8, 4) is 0 Å². The zero-order valence-corrected chi connectivity index (χ0v) is 36.9. The van der Waals surface area contributed by atoms with Crippen LogP contribution >= 0.6 is 0 Å². The summed E-state index contributed by atoms with van der Waals surface area (Å²) in [7, 11) is 0. The molecule has 0 aliphatic carbocycles. The van der Waals surface area contributed by atoms with Crippen LogP contribution in [0.5, 0.6) is 0 Å². The average Bonchev–Trinajstić information content (AvgIpc) is 3.12. The van der Waals surface area contributed by atoms with Crippen LogP contribution in [0.3, 0.4) is 0 Å². The topological polar surface area (TPSA) is 277 Å². The van der Waals surface area contributed by atoms with Gasteiger partial charge in [-0.1, -0.05) is 118 Å². The van der Waals surface area contributed by atoms with Gasteiger partial charge in [0.25, 0.3) is 0 Å². The van der Waals surface area contributed by atoms with Crippen LogP contribution in [0.25, 0.3) is 0 Å². The quantitative estimate of drug-likeness (QED) is 0.0130. The van der Waals surface area contributed by atoms with Gasteiger partial charge in [-0.05, 0) is 102 Å². The van der Waals surface area contributed by atoms with Crippen LogP contribution in [-0.2, 0) is 14.3 Å². The highest BCUT2D eigenvalue weighted by Gasteiger charge is 2.03. The number of nitrogens with two attached hydrogens (primary N) is 1. The maximum Gasteiger partial charge on any atom is 0.306 e.